The van der Waals surface area contributed by atoms with E-state index in [1.165, 1.54) is 42.2 Å². The second-order valence-electron chi connectivity index (χ2n) is 14.4. The Kier molecular flexibility index (Phi) is 6.80. The van der Waals surface area contributed by atoms with Crippen molar-refractivity contribution in [2.45, 2.75) is 0 Å². The minimum Gasteiger partial charge on any atom is -0.456 e. The van der Waals surface area contributed by atoms with Crippen molar-refractivity contribution in [3.8, 4) is 44.9 Å². The summed E-state index contributed by atoms with van der Waals surface area (Å²) < 4.78 is 16.3. The highest BCUT2D eigenvalue weighted by atomic mass is 32.1. The molecular weight excluding hydrogens is 703 g/mol. The lowest BCUT2D eigenvalue weighted by atomic mass is 9.90. The van der Waals surface area contributed by atoms with Crippen LogP contribution in [0.2, 0.25) is 0 Å². The number of thiophene rings is 1. The van der Waals surface area contributed by atoms with Crippen molar-refractivity contribution in [1.29, 1.82) is 0 Å². The first kappa shape index (κ1) is 31.2. The predicted octanol–water partition coefficient (Wildman–Crippen LogP) is 15.7. The van der Waals surface area contributed by atoms with Gasteiger partial charge in [-0.2, -0.15) is 0 Å². The van der Waals surface area contributed by atoms with Crippen LogP contribution in [0.5, 0.6) is 11.5 Å². The average molecular weight is 734 g/mol. The third kappa shape index (κ3) is 4.70. The van der Waals surface area contributed by atoms with E-state index in [2.05, 4.69) is 187 Å². The molecule has 262 valence electrons. The summed E-state index contributed by atoms with van der Waals surface area (Å²) in [6, 6.07) is 67.0. The van der Waals surface area contributed by atoms with E-state index >= 15 is 0 Å². The first-order valence-electron chi connectivity index (χ1n) is 18.9. The Balaban J connectivity index is 1.08. The summed E-state index contributed by atoms with van der Waals surface area (Å²) in [6.45, 7) is 0. The molecule has 0 unspecified atom stereocenters. The van der Waals surface area contributed by atoms with Crippen molar-refractivity contribution in [2.24, 2.45) is 0 Å². The van der Waals surface area contributed by atoms with Gasteiger partial charge in [0.15, 0.2) is 5.58 Å². The lowest BCUT2D eigenvalue weighted by molar-refractivity contribution is 0.487. The molecule has 0 spiro atoms. The Morgan fingerprint density at radius 1 is 0.393 bits per heavy atom. The van der Waals surface area contributed by atoms with Gasteiger partial charge in [-0.25, -0.2) is 0 Å². The van der Waals surface area contributed by atoms with Crippen LogP contribution < -0.4 is 9.64 Å². The lowest BCUT2D eigenvalue weighted by Crippen LogP contribution is -2.11. The quantitative estimate of drug-likeness (QED) is 0.176. The van der Waals surface area contributed by atoms with E-state index in [0.29, 0.717) is 0 Å². The molecule has 3 heterocycles. The summed E-state index contributed by atoms with van der Waals surface area (Å²) in [7, 11) is 0. The highest BCUT2D eigenvalue weighted by Crippen LogP contribution is 2.52. The van der Waals surface area contributed by atoms with Gasteiger partial charge < -0.3 is 14.1 Å². The van der Waals surface area contributed by atoms with Gasteiger partial charge in [-0.15, -0.1) is 11.3 Å². The molecule has 2 aromatic heterocycles. The van der Waals surface area contributed by atoms with Crippen molar-refractivity contribution in [2.75, 3.05) is 4.90 Å². The predicted molar refractivity (Wildman–Crippen MR) is 235 cm³/mol. The summed E-state index contributed by atoms with van der Waals surface area (Å²) in [5, 5.41) is 6.95. The minimum atomic E-state index is 0.826. The van der Waals surface area contributed by atoms with Crippen molar-refractivity contribution in [1.82, 2.24) is 0 Å². The Labute approximate surface area is 326 Å². The normalized spacial score (nSPS) is 12.1. The van der Waals surface area contributed by atoms with Gasteiger partial charge >= 0.3 is 0 Å². The highest BCUT2D eigenvalue weighted by molar-refractivity contribution is 7.26. The van der Waals surface area contributed by atoms with Crippen LogP contribution in [0.25, 0.3) is 86.3 Å². The molecule has 4 heteroatoms. The molecule has 3 nitrogen and oxygen atoms in total. The van der Waals surface area contributed by atoms with Crippen molar-refractivity contribution in [3.05, 3.63) is 188 Å². The Morgan fingerprint density at radius 3 is 2.00 bits per heavy atom. The maximum atomic E-state index is 6.93. The van der Waals surface area contributed by atoms with E-state index in [-0.39, 0.29) is 0 Å². The van der Waals surface area contributed by atoms with Gasteiger partial charge in [0.05, 0.1) is 17.1 Å². The largest absolute Gasteiger partial charge is 0.456 e. The summed E-state index contributed by atoms with van der Waals surface area (Å²) in [5.41, 5.74) is 11.7. The minimum absolute atomic E-state index is 0.826. The summed E-state index contributed by atoms with van der Waals surface area (Å²) in [6.07, 6.45) is 0. The summed E-state index contributed by atoms with van der Waals surface area (Å²) in [5.74, 6) is 1.69. The highest BCUT2D eigenvalue weighted by Gasteiger charge is 2.26. The molecule has 0 radical (unpaired) electrons. The second kappa shape index (κ2) is 12.2. The Morgan fingerprint density at radius 2 is 1.11 bits per heavy atom. The fourth-order valence-corrected chi connectivity index (χ4v) is 9.88. The van der Waals surface area contributed by atoms with Crippen LogP contribution >= 0.6 is 11.3 Å². The Bertz CT molecular complexity index is 3340. The maximum Gasteiger partial charge on any atom is 0.159 e. The first-order chi connectivity index (χ1) is 27.8. The molecule has 0 saturated heterocycles. The number of hydrogen-bond donors (Lipinski definition) is 0. The van der Waals surface area contributed by atoms with E-state index in [9.17, 15) is 0 Å². The molecule has 0 saturated carbocycles. The monoisotopic (exact) mass is 733 g/mol. The molecule has 0 atom stereocenters. The van der Waals surface area contributed by atoms with E-state index in [1.807, 2.05) is 17.4 Å². The number of nitrogens with zero attached hydrogens (tertiary/aromatic N) is 1. The van der Waals surface area contributed by atoms with Gasteiger partial charge in [-0.05, 0) is 87.8 Å². The number of rotatable bonds is 5. The fraction of sp³-hybridized carbons (Fsp3) is 0. The molecule has 11 aromatic rings. The number of anilines is 3. The molecule has 0 aliphatic carbocycles. The molecule has 0 fully saturated rings. The van der Waals surface area contributed by atoms with Crippen LogP contribution in [0.4, 0.5) is 17.1 Å². The maximum absolute atomic E-state index is 6.93. The van der Waals surface area contributed by atoms with Gasteiger partial charge in [-0.1, -0.05) is 127 Å². The molecule has 0 amide bonds. The summed E-state index contributed by atoms with van der Waals surface area (Å²) in [4.78, 5) is 2.36. The molecule has 9 aromatic carbocycles. The van der Waals surface area contributed by atoms with Crippen molar-refractivity contribution >= 4 is 81.3 Å². The van der Waals surface area contributed by atoms with Gasteiger partial charge in [0.1, 0.15) is 17.1 Å². The van der Waals surface area contributed by atoms with E-state index < -0.39 is 0 Å². The molecule has 56 heavy (non-hydrogen) atoms. The standard InChI is InChI=1S/C52H31NO2S/c1-3-12-32(13-4-1)34-24-26-38-41-19-10-21-44(52(41)55-46(38)30-34)53(43-20-11-23-49-51(43)42-16-7-8-22-48(42)56-49)35-25-27-37-40-18-9-17-39-36(33-14-5-2-6-15-33)28-29-45(50(39)40)54-47(37)31-35/h1-31H. The zero-order valence-electron chi connectivity index (χ0n) is 30.1. The van der Waals surface area contributed by atoms with Gasteiger partial charge in [-0.3, -0.25) is 0 Å². The van der Waals surface area contributed by atoms with Crippen LogP contribution in [-0.4, -0.2) is 0 Å². The zero-order chi connectivity index (χ0) is 36.7. The summed E-state index contributed by atoms with van der Waals surface area (Å²) >= 11 is 1.83. The third-order valence-electron chi connectivity index (χ3n) is 11.3. The fourth-order valence-electron chi connectivity index (χ4n) is 8.75. The SMILES string of the molecule is c1ccc(-c2ccc3c(c2)oc2c(N(c4ccc5c(c4)Oc4ccc(-c6ccccc6)c6cccc-5c46)c4cccc5sc6ccccc6c45)cccc23)cc1. The second-order valence-corrected chi connectivity index (χ2v) is 15.5. The number of benzene rings is 9. The van der Waals surface area contributed by atoms with Crippen LogP contribution in [0.15, 0.2) is 192 Å². The number of hydrogen-bond acceptors (Lipinski definition) is 4. The zero-order valence-corrected chi connectivity index (χ0v) is 30.9. The molecule has 12 rings (SSSR count). The number of fused-ring (bicyclic) bond motifs is 8. The molecular formula is C52H31NO2S. The lowest BCUT2D eigenvalue weighted by Gasteiger charge is -2.29. The first-order valence-corrected chi connectivity index (χ1v) is 19.7. The average Bonchev–Trinajstić information content (AvgIpc) is 3.84. The van der Waals surface area contributed by atoms with Crippen molar-refractivity contribution in [3.63, 3.8) is 0 Å². The van der Waals surface area contributed by atoms with E-state index in [4.69, 9.17) is 9.15 Å². The van der Waals surface area contributed by atoms with Crippen LogP contribution in [0.1, 0.15) is 0 Å². The van der Waals surface area contributed by atoms with Crippen molar-refractivity contribution < 1.29 is 9.15 Å². The number of furan rings is 1. The molecule has 0 bridgehead atoms. The van der Waals surface area contributed by atoms with Crippen LogP contribution in [-0.2, 0) is 0 Å². The molecule has 1 aliphatic rings. The van der Waals surface area contributed by atoms with Gasteiger partial charge in [0, 0.05) is 48.0 Å². The molecule has 1 aliphatic heterocycles. The van der Waals surface area contributed by atoms with Crippen LogP contribution in [0.3, 0.4) is 0 Å². The molecule has 0 N–H and O–H groups in total. The van der Waals surface area contributed by atoms with E-state index in [0.717, 1.165) is 72.6 Å². The topological polar surface area (TPSA) is 25.6 Å². The Hall–Kier alpha value is -7.14. The smallest absolute Gasteiger partial charge is 0.159 e. The number of para-hydroxylation sites is 1. The van der Waals surface area contributed by atoms with E-state index in [1.54, 1.807) is 0 Å². The van der Waals surface area contributed by atoms with Gasteiger partial charge in [0.2, 0.25) is 0 Å². The third-order valence-corrected chi connectivity index (χ3v) is 12.4. The number of ether oxygens (including phenoxy) is 1. The van der Waals surface area contributed by atoms with Gasteiger partial charge in [0.25, 0.3) is 0 Å². The van der Waals surface area contributed by atoms with Crippen LogP contribution in [0, 0.1) is 0 Å².